The van der Waals surface area contributed by atoms with Gasteiger partial charge in [-0.05, 0) is 67.0 Å². The summed E-state index contributed by atoms with van der Waals surface area (Å²) in [4.78, 5) is 28.1. The highest BCUT2D eigenvalue weighted by atomic mass is 19.4. The van der Waals surface area contributed by atoms with Crippen molar-refractivity contribution < 1.29 is 45.4 Å². The number of rotatable bonds is 10. The predicted molar refractivity (Wildman–Crippen MR) is 132 cm³/mol. The maximum atomic E-state index is 13.5. The van der Waals surface area contributed by atoms with Crippen LogP contribution >= 0.6 is 0 Å². The summed E-state index contributed by atoms with van der Waals surface area (Å²) in [6.45, 7) is 1.49. The molecular formula is C28H30F6N2O4. The molecule has 0 aromatic heterocycles. The Morgan fingerprint density at radius 3 is 2.12 bits per heavy atom. The minimum absolute atomic E-state index is 0.199. The van der Waals surface area contributed by atoms with Gasteiger partial charge in [0.25, 0.3) is 0 Å². The van der Waals surface area contributed by atoms with Crippen LogP contribution in [0.15, 0.2) is 48.5 Å². The largest absolute Gasteiger partial charge is 0.573 e. The molecule has 0 unspecified atom stereocenters. The second-order valence-corrected chi connectivity index (χ2v) is 10.1. The van der Waals surface area contributed by atoms with E-state index in [1.165, 1.54) is 36.4 Å². The SMILES string of the molecule is O=C(N[C@H](CCc1ccc(OC(F)(F)F)cc1)C1CC1)[C@@H](CC(=O)N1CCOCC1)c1ccc(C(F)(F)F)cc1. The van der Waals surface area contributed by atoms with E-state index < -0.39 is 29.9 Å². The van der Waals surface area contributed by atoms with Crippen LogP contribution in [0.4, 0.5) is 26.3 Å². The van der Waals surface area contributed by atoms with Crippen LogP contribution in [0.25, 0.3) is 0 Å². The molecule has 1 heterocycles. The molecule has 1 aliphatic heterocycles. The van der Waals surface area contributed by atoms with E-state index in [0.29, 0.717) is 44.7 Å². The van der Waals surface area contributed by atoms with Crippen molar-refractivity contribution in [2.75, 3.05) is 26.3 Å². The zero-order chi connectivity index (χ0) is 28.9. The van der Waals surface area contributed by atoms with E-state index in [4.69, 9.17) is 4.74 Å². The van der Waals surface area contributed by atoms with Crippen molar-refractivity contribution >= 4 is 11.8 Å². The molecule has 4 rings (SSSR count). The van der Waals surface area contributed by atoms with Crippen molar-refractivity contribution in [2.45, 2.75) is 56.6 Å². The van der Waals surface area contributed by atoms with E-state index in [1.807, 2.05) is 0 Å². The second kappa shape index (κ2) is 12.5. The van der Waals surface area contributed by atoms with Crippen LogP contribution in [-0.2, 0) is 26.9 Å². The minimum Gasteiger partial charge on any atom is -0.406 e. The maximum Gasteiger partial charge on any atom is 0.573 e. The molecule has 1 saturated heterocycles. The summed E-state index contributed by atoms with van der Waals surface area (Å²) in [6, 6.07) is 9.52. The Balaban J connectivity index is 1.45. The fraction of sp³-hybridized carbons (Fsp3) is 0.500. The Morgan fingerprint density at radius 2 is 1.57 bits per heavy atom. The molecular weight excluding hydrogens is 542 g/mol. The Morgan fingerprint density at radius 1 is 0.950 bits per heavy atom. The molecule has 2 amide bonds. The standard InChI is InChI=1S/C28H30F6N2O4/c29-27(30,31)21-8-6-19(7-9-21)23(17-25(37)36-13-15-39-16-14-36)26(38)35-24(20-4-5-20)12-3-18-1-10-22(11-2-18)40-28(32,33)34/h1-2,6-11,20,23-24H,3-5,12-17H2,(H,35,38)/t23-,24+/m0/s1. The first-order chi connectivity index (χ1) is 18.9. The number of benzene rings is 2. The van der Waals surface area contributed by atoms with Gasteiger partial charge in [0.15, 0.2) is 0 Å². The third-order valence-corrected chi connectivity index (χ3v) is 7.12. The van der Waals surface area contributed by atoms with Gasteiger partial charge in [0, 0.05) is 25.6 Å². The van der Waals surface area contributed by atoms with Crippen molar-refractivity contribution in [3.05, 3.63) is 65.2 Å². The number of alkyl halides is 6. The molecule has 2 atom stereocenters. The van der Waals surface area contributed by atoms with Crippen LogP contribution in [0.3, 0.4) is 0 Å². The van der Waals surface area contributed by atoms with Crippen LogP contribution in [0, 0.1) is 5.92 Å². The molecule has 6 nitrogen and oxygen atoms in total. The van der Waals surface area contributed by atoms with Crippen molar-refractivity contribution in [2.24, 2.45) is 5.92 Å². The minimum atomic E-state index is -4.78. The molecule has 12 heteroatoms. The van der Waals surface area contributed by atoms with E-state index >= 15 is 0 Å². The van der Waals surface area contributed by atoms with Crippen LogP contribution in [-0.4, -0.2) is 55.4 Å². The summed E-state index contributed by atoms with van der Waals surface area (Å²) in [5.74, 6) is -1.84. The lowest BCUT2D eigenvalue weighted by molar-refractivity contribution is -0.274. The summed E-state index contributed by atoms with van der Waals surface area (Å²) in [6.07, 6.45) is -6.75. The third kappa shape index (κ3) is 8.61. The fourth-order valence-electron chi connectivity index (χ4n) is 4.77. The number of aryl methyl sites for hydroxylation is 1. The third-order valence-electron chi connectivity index (χ3n) is 7.12. The molecule has 218 valence electrons. The van der Waals surface area contributed by atoms with Crippen molar-refractivity contribution in [1.82, 2.24) is 10.2 Å². The van der Waals surface area contributed by atoms with Gasteiger partial charge in [-0.15, -0.1) is 13.2 Å². The summed E-state index contributed by atoms with van der Waals surface area (Å²) in [5.41, 5.74) is 0.218. The Labute approximate surface area is 227 Å². The van der Waals surface area contributed by atoms with Gasteiger partial charge in [-0.2, -0.15) is 13.2 Å². The van der Waals surface area contributed by atoms with Gasteiger partial charge in [-0.3, -0.25) is 9.59 Å². The highest BCUT2D eigenvalue weighted by Gasteiger charge is 2.36. The number of halogens is 6. The lowest BCUT2D eigenvalue weighted by atomic mass is 9.92. The molecule has 40 heavy (non-hydrogen) atoms. The second-order valence-electron chi connectivity index (χ2n) is 10.1. The first-order valence-electron chi connectivity index (χ1n) is 13.1. The number of morpholine rings is 1. The average molecular weight is 573 g/mol. The summed E-state index contributed by atoms with van der Waals surface area (Å²) >= 11 is 0. The molecule has 2 aliphatic rings. The van der Waals surface area contributed by atoms with E-state index in [0.717, 1.165) is 30.5 Å². The van der Waals surface area contributed by atoms with Gasteiger partial charge in [0.2, 0.25) is 11.8 Å². The fourth-order valence-corrected chi connectivity index (χ4v) is 4.77. The number of hydrogen-bond acceptors (Lipinski definition) is 4. The van der Waals surface area contributed by atoms with Crippen LogP contribution in [0.1, 0.15) is 48.3 Å². The van der Waals surface area contributed by atoms with Crippen molar-refractivity contribution in [3.8, 4) is 5.75 Å². The highest BCUT2D eigenvalue weighted by molar-refractivity contribution is 5.90. The zero-order valence-corrected chi connectivity index (χ0v) is 21.6. The van der Waals surface area contributed by atoms with Gasteiger partial charge in [-0.1, -0.05) is 24.3 Å². The Kier molecular flexibility index (Phi) is 9.27. The van der Waals surface area contributed by atoms with Crippen molar-refractivity contribution in [1.29, 1.82) is 0 Å². The number of carbonyl (C=O) groups is 2. The molecule has 2 fully saturated rings. The van der Waals surface area contributed by atoms with Gasteiger partial charge in [0.05, 0.1) is 24.7 Å². The van der Waals surface area contributed by atoms with Crippen LogP contribution in [0.5, 0.6) is 5.75 Å². The van der Waals surface area contributed by atoms with Gasteiger partial charge >= 0.3 is 12.5 Å². The van der Waals surface area contributed by atoms with Crippen LogP contribution < -0.4 is 10.1 Å². The lowest BCUT2D eigenvalue weighted by Crippen LogP contribution is -2.44. The number of carbonyl (C=O) groups excluding carboxylic acids is 2. The van der Waals surface area contributed by atoms with E-state index in [-0.39, 0.29) is 30.0 Å². The Hall–Kier alpha value is -3.28. The number of nitrogens with one attached hydrogen (secondary N) is 1. The molecule has 1 N–H and O–H groups in total. The molecule has 0 radical (unpaired) electrons. The topological polar surface area (TPSA) is 67.9 Å². The van der Waals surface area contributed by atoms with Gasteiger partial charge in [0.1, 0.15) is 5.75 Å². The molecule has 0 spiro atoms. The van der Waals surface area contributed by atoms with E-state index in [9.17, 15) is 35.9 Å². The summed E-state index contributed by atoms with van der Waals surface area (Å²) < 4.78 is 85.7. The maximum absolute atomic E-state index is 13.5. The first kappa shape index (κ1) is 29.7. The number of hydrogen-bond donors (Lipinski definition) is 1. The van der Waals surface area contributed by atoms with E-state index in [2.05, 4.69) is 10.1 Å². The predicted octanol–water partition coefficient (Wildman–Crippen LogP) is 5.46. The van der Waals surface area contributed by atoms with E-state index in [1.54, 1.807) is 4.90 Å². The molecule has 2 aromatic rings. The normalized spacial score (nSPS) is 17.7. The number of nitrogens with zero attached hydrogens (tertiary/aromatic N) is 1. The molecule has 0 bridgehead atoms. The highest BCUT2D eigenvalue weighted by Crippen LogP contribution is 2.36. The average Bonchev–Trinajstić information content (AvgIpc) is 3.75. The molecule has 1 aliphatic carbocycles. The zero-order valence-electron chi connectivity index (χ0n) is 21.6. The first-order valence-corrected chi connectivity index (χ1v) is 13.1. The van der Waals surface area contributed by atoms with Crippen molar-refractivity contribution in [3.63, 3.8) is 0 Å². The van der Waals surface area contributed by atoms with Gasteiger partial charge in [-0.25, -0.2) is 0 Å². The van der Waals surface area contributed by atoms with Crippen LogP contribution in [0.2, 0.25) is 0 Å². The number of amides is 2. The Bertz CT molecular complexity index is 1140. The quantitative estimate of drug-likeness (QED) is 0.384. The lowest BCUT2D eigenvalue weighted by Gasteiger charge is -2.29. The molecule has 2 aromatic carbocycles. The summed E-state index contributed by atoms with van der Waals surface area (Å²) in [5, 5.41) is 3.01. The summed E-state index contributed by atoms with van der Waals surface area (Å²) in [7, 11) is 0. The molecule has 1 saturated carbocycles. The van der Waals surface area contributed by atoms with Gasteiger partial charge < -0.3 is 19.7 Å². The monoisotopic (exact) mass is 572 g/mol. The number of ether oxygens (including phenoxy) is 2. The smallest absolute Gasteiger partial charge is 0.406 e.